The van der Waals surface area contributed by atoms with Crippen LogP contribution in [0.1, 0.15) is 39.5 Å². The van der Waals surface area contributed by atoms with Gasteiger partial charge >= 0.3 is 0 Å². The maximum absolute atomic E-state index is 6.04. The summed E-state index contributed by atoms with van der Waals surface area (Å²) in [7, 11) is -1.50. The van der Waals surface area contributed by atoms with Crippen molar-refractivity contribution >= 4 is 8.32 Å². The summed E-state index contributed by atoms with van der Waals surface area (Å²) in [5, 5.41) is 0. The summed E-state index contributed by atoms with van der Waals surface area (Å²) in [6.45, 7) is 11.0. The highest BCUT2D eigenvalue weighted by Gasteiger charge is 2.25. The molecule has 0 amide bonds. The number of unbranched alkanes of at least 4 members (excludes halogenated alkanes) is 1. The highest BCUT2D eigenvalue weighted by Crippen LogP contribution is 2.22. The molecule has 0 aliphatic heterocycles. The van der Waals surface area contributed by atoms with Crippen LogP contribution in [-0.2, 0) is 4.43 Å². The van der Waals surface area contributed by atoms with Crippen LogP contribution in [0.2, 0.25) is 19.6 Å². The first-order valence-corrected chi connectivity index (χ1v) is 9.49. The van der Waals surface area contributed by atoms with E-state index in [0.717, 1.165) is 6.42 Å². The second-order valence-corrected chi connectivity index (χ2v) is 9.59. The smallest absolute Gasteiger partial charge is 0.185 e. The molecule has 0 saturated carbocycles. The minimum Gasteiger partial charge on any atom is -0.404 e. The Labute approximate surface area is 96.7 Å². The molecule has 0 aromatic heterocycles. The van der Waals surface area contributed by atoms with E-state index in [1.807, 2.05) is 0 Å². The van der Waals surface area contributed by atoms with Crippen molar-refractivity contribution in [3.05, 3.63) is 0 Å². The summed E-state index contributed by atoms with van der Waals surface area (Å²) < 4.78 is 6.04. The van der Waals surface area contributed by atoms with Gasteiger partial charge < -0.3 is 4.43 Å². The van der Waals surface area contributed by atoms with Gasteiger partial charge in [0.2, 0.25) is 0 Å². The van der Waals surface area contributed by atoms with Gasteiger partial charge in [0.25, 0.3) is 0 Å². The first-order valence-electron chi connectivity index (χ1n) is 6.08. The van der Waals surface area contributed by atoms with Crippen LogP contribution in [0.15, 0.2) is 0 Å². The van der Waals surface area contributed by atoms with Crippen LogP contribution in [0.4, 0.5) is 0 Å². The fourth-order valence-corrected chi connectivity index (χ4v) is 2.71. The predicted octanol–water partition coefficient (Wildman–Crippen LogP) is 4.06. The van der Waals surface area contributed by atoms with E-state index in [9.17, 15) is 0 Å². The molecule has 0 radical (unpaired) electrons. The summed E-state index contributed by atoms with van der Waals surface area (Å²) in [5.74, 6) is 3.37. The average molecular weight is 226 g/mol. The lowest BCUT2D eigenvalue weighted by atomic mass is 9.94. The summed E-state index contributed by atoms with van der Waals surface area (Å²) >= 11 is 0. The molecule has 0 saturated heterocycles. The van der Waals surface area contributed by atoms with Gasteiger partial charge in [-0.1, -0.05) is 32.6 Å². The van der Waals surface area contributed by atoms with Gasteiger partial charge in [-0.25, -0.2) is 0 Å². The second-order valence-electron chi connectivity index (χ2n) is 5.13. The molecule has 88 valence electrons. The molecule has 0 unspecified atom stereocenters. The van der Waals surface area contributed by atoms with Gasteiger partial charge in [0.15, 0.2) is 8.32 Å². The number of rotatable bonds is 7. The molecule has 0 bridgehead atoms. The lowest BCUT2D eigenvalue weighted by molar-refractivity contribution is 0.167. The van der Waals surface area contributed by atoms with Gasteiger partial charge in [0.1, 0.15) is 6.10 Å². The minimum atomic E-state index is -1.50. The molecule has 0 aromatic carbocycles. The molecule has 0 aliphatic carbocycles. The summed E-state index contributed by atoms with van der Waals surface area (Å²) in [6.07, 6.45) is 10.4. The molecular weight excluding hydrogens is 200 g/mol. The molecule has 0 rings (SSSR count). The third kappa shape index (κ3) is 6.76. The van der Waals surface area contributed by atoms with Crippen molar-refractivity contribution in [1.82, 2.24) is 0 Å². The number of terminal acetylenes is 1. The SMILES string of the molecule is C#C[C@@H](O[Si](C)(C)C)[C@@H](CC)CCCC. The van der Waals surface area contributed by atoms with Crippen molar-refractivity contribution in [3.8, 4) is 12.3 Å². The Hall–Kier alpha value is -0.263. The summed E-state index contributed by atoms with van der Waals surface area (Å²) in [6, 6.07) is 0. The zero-order valence-electron chi connectivity index (χ0n) is 11.0. The van der Waals surface area contributed by atoms with Crippen molar-refractivity contribution in [2.75, 3.05) is 0 Å². The van der Waals surface area contributed by atoms with Gasteiger partial charge in [-0.3, -0.25) is 0 Å². The van der Waals surface area contributed by atoms with E-state index >= 15 is 0 Å². The van der Waals surface area contributed by atoms with Crippen LogP contribution in [0.25, 0.3) is 0 Å². The first kappa shape index (κ1) is 14.7. The van der Waals surface area contributed by atoms with Gasteiger partial charge in [0, 0.05) is 0 Å². The molecule has 0 aromatic rings. The topological polar surface area (TPSA) is 9.23 Å². The Morgan fingerprint density at radius 1 is 1.27 bits per heavy atom. The maximum atomic E-state index is 6.04. The van der Waals surface area contributed by atoms with Crippen LogP contribution < -0.4 is 0 Å². The largest absolute Gasteiger partial charge is 0.404 e. The Morgan fingerprint density at radius 2 is 1.87 bits per heavy atom. The van der Waals surface area contributed by atoms with Crippen LogP contribution in [0.3, 0.4) is 0 Å². The maximum Gasteiger partial charge on any atom is 0.185 e. The standard InChI is InChI=1S/C13H26OSi/c1-7-10-11-12(8-2)13(9-3)14-15(4,5)6/h3,12-13H,7-8,10-11H2,1-2,4-6H3/t12-,13+/m0/s1. The van der Waals surface area contributed by atoms with Crippen molar-refractivity contribution in [2.45, 2.75) is 65.3 Å². The zero-order chi connectivity index (χ0) is 11.9. The molecular formula is C13H26OSi. The van der Waals surface area contributed by atoms with E-state index in [1.165, 1.54) is 19.3 Å². The molecule has 0 heterocycles. The Bertz CT molecular complexity index is 200. The van der Waals surface area contributed by atoms with E-state index < -0.39 is 8.32 Å². The van der Waals surface area contributed by atoms with E-state index in [4.69, 9.17) is 10.8 Å². The van der Waals surface area contributed by atoms with Crippen molar-refractivity contribution < 1.29 is 4.43 Å². The third-order valence-corrected chi connectivity index (χ3v) is 3.49. The monoisotopic (exact) mass is 226 g/mol. The van der Waals surface area contributed by atoms with E-state index in [0.29, 0.717) is 5.92 Å². The summed E-state index contributed by atoms with van der Waals surface area (Å²) in [5.41, 5.74) is 0. The molecule has 0 N–H and O–H groups in total. The Kier molecular flexibility index (Phi) is 6.96. The highest BCUT2D eigenvalue weighted by atomic mass is 28.4. The van der Waals surface area contributed by atoms with Crippen LogP contribution in [0, 0.1) is 18.3 Å². The van der Waals surface area contributed by atoms with Gasteiger partial charge in [-0.2, -0.15) is 0 Å². The molecule has 0 aliphatic rings. The quantitative estimate of drug-likeness (QED) is 0.470. The number of hydrogen-bond acceptors (Lipinski definition) is 1. The predicted molar refractivity (Wildman–Crippen MR) is 70.4 cm³/mol. The second kappa shape index (κ2) is 7.08. The average Bonchev–Trinajstić information content (AvgIpc) is 2.15. The zero-order valence-corrected chi connectivity index (χ0v) is 12.0. The highest BCUT2D eigenvalue weighted by molar-refractivity contribution is 6.69. The minimum absolute atomic E-state index is 0.0354. The molecule has 15 heavy (non-hydrogen) atoms. The summed E-state index contributed by atoms with van der Waals surface area (Å²) in [4.78, 5) is 0. The molecule has 0 spiro atoms. The van der Waals surface area contributed by atoms with Crippen LogP contribution >= 0.6 is 0 Å². The van der Waals surface area contributed by atoms with Gasteiger partial charge in [-0.05, 0) is 38.4 Å². The first-order chi connectivity index (χ1) is 6.94. The third-order valence-electron chi connectivity index (χ3n) is 2.53. The van der Waals surface area contributed by atoms with E-state index in [2.05, 4.69) is 39.4 Å². The Morgan fingerprint density at radius 3 is 2.20 bits per heavy atom. The van der Waals surface area contributed by atoms with Crippen LogP contribution in [0.5, 0.6) is 0 Å². The fourth-order valence-electron chi connectivity index (χ4n) is 1.68. The van der Waals surface area contributed by atoms with Crippen molar-refractivity contribution in [1.29, 1.82) is 0 Å². The molecule has 2 heteroatoms. The van der Waals surface area contributed by atoms with Gasteiger partial charge in [-0.15, -0.1) is 6.42 Å². The Balaban J connectivity index is 4.29. The fraction of sp³-hybridized carbons (Fsp3) is 0.846. The van der Waals surface area contributed by atoms with Gasteiger partial charge in [0.05, 0.1) is 0 Å². The molecule has 2 atom stereocenters. The molecule has 0 fully saturated rings. The van der Waals surface area contributed by atoms with E-state index in [-0.39, 0.29) is 6.10 Å². The number of hydrogen-bond donors (Lipinski definition) is 0. The van der Waals surface area contributed by atoms with Crippen molar-refractivity contribution in [2.24, 2.45) is 5.92 Å². The lowest BCUT2D eigenvalue weighted by Gasteiger charge is -2.28. The normalized spacial score (nSPS) is 15.7. The van der Waals surface area contributed by atoms with E-state index in [1.54, 1.807) is 0 Å². The van der Waals surface area contributed by atoms with Crippen molar-refractivity contribution in [3.63, 3.8) is 0 Å². The van der Waals surface area contributed by atoms with Crippen LogP contribution in [-0.4, -0.2) is 14.4 Å². The molecule has 1 nitrogen and oxygen atoms in total. The lowest BCUT2D eigenvalue weighted by Crippen LogP contribution is -2.35.